The second-order valence-electron chi connectivity index (χ2n) is 5.00. The third-order valence-electron chi connectivity index (χ3n) is 2.92. The normalized spacial score (nSPS) is 10.5. The van der Waals surface area contributed by atoms with Gasteiger partial charge in [0.25, 0.3) is 5.91 Å². The smallest absolute Gasteiger partial charge is 0.251 e. The second-order valence-corrected chi connectivity index (χ2v) is 5.00. The lowest BCUT2D eigenvalue weighted by molar-refractivity contribution is -0.115. The third-order valence-corrected chi connectivity index (χ3v) is 2.92. The fraction of sp³-hybridized carbons (Fsp3) is 0.267. The number of benzene rings is 1. The van der Waals surface area contributed by atoms with Crippen molar-refractivity contribution in [2.75, 3.05) is 11.9 Å². The Bertz CT molecular complexity index is 682. The van der Waals surface area contributed by atoms with E-state index in [0.29, 0.717) is 5.82 Å². The van der Waals surface area contributed by atoms with E-state index in [1.54, 1.807) is 16.9 Å². The highest BCUT2D eigenvalue weighted by Gasteiger charge is 2.11. The molecule has 0 radical (unpaired) electrons. The first-order chi connectivity index (χ1) is 10.5. The summed E-state index contributed by atoms with van der Waals surface area (Å²) >= 11 is 0. The molecule has 0 bridgehead atoms. The van der Waals surface area contributed by atoms with Gasteiger partial charge < -0.3 is 10.6 Å². The van der Waals surface area contributed by atoms with E-state index in [9.17, 15) is 14.0 Å². The molecule has 7 heteroatoms. The Labute approximate surface area is 127 Å². The Morgan fingerprint density at radius 3 is 2.77 bits per heavy atom. The van der Waals surface area contributed by atoms with Crippen molar-refractivity contribution in [3.63, 3.8) is 0 Å². The molecular weight excluding hydrogens is 287 g/mol. The first kappa shape index (κ1) is 15.7. The highest BCUT2D eigenvalue weighted by Crippen LogP contribution is 2.12. The molecule has 2 N–H and O–H groups in total. The monoisotopic (exact) mass is 304 g/mol. The maximum atomic E-state index is 13.0. The zero-order valence-corrected chi connectivity index (χ0v) is 12.3. The van der Waals surface area contributed by atoms with E-state index < -0.39 is 11.7 Å². The number of hydrogen-bond donors (Lipinski definition) is 2. The topological polar surface area (TPSA) is 76.0 Å². The SMILES string of the molecule is CC(C)n1nccc1NC(=O)CNC(=O)c1cccc(F)c1. The lowest BCUT2D eigenvalue weighted by Gasteiger charge is -2.12. The maximum absolute atomic E-state index is 13.0. The number of anilines is 1. The summed E-state index contributed by atoms with van der Waals surface area (Å²) in [5.41, 5.74) is 0.167. The first-order valence-corrected chi connectivity index (χ1v) is 6.84. The van der Waals surface area contributed by atoms with Crippen LogP contribution in [-0.4, -0.2) is 28.1 Å². The Balaban J connectivity index is 1.90. The zero-order chi connectivity index (χ0) is 16.1. The van der Waals surface area contributed by atoms with Gasteiger partial charge in [0.05, 0.1) is 12.7 Å². The summed E-state index contributed by atoms with van der Waals surface area (Å²) in [6.07, 6.45) is 1.58. The van der Waals surface area contributed by atoms with Crippen LogP contribution in [0.15, 0.2) is 36.5 Å². The van der Waals surface area contributed by atoms with Gasteiger partial charge in [-0.2, -0.15) is 5.10 Å². The van der Waals surface area contributed by atoms with Gasteiger partial charge in [-0.15, -0.1) is 0 Å². The quantitative estimate of drug-likeness (QED) is 0.886. The molecule has 0 spiro atoms. The largest absolute Gasteiger partial charge is 0.343 e. The lowest BCUT2D eigenvalue weighted by atomic mass is 10.2. The van der Waals surface area contributed by atoms with Gasteiger partial charge in [-0.3, -0.25) is 9.59 Å². The van der Waals surface area contributed by atoms with E-state index >= 15 is 0 Å². The van der Waals surface area contributed by atoms with Crippen molar-refractivity contribution in [3.05, 3.63) is 47.9 Å². The zero-order valence-electron chi connectivity index (χ0n) is 12.3. The molecule has 1 heterocycles. The fourth-order valence-corrected chi connectivity index (χ4v) is 1.90. The van der Waals surface area contributed by atoms with Crippen LogP contribution in [0.4, 0.5) is 10.2 Å². The average Bonchev–Trinajstić information content (AvgIpc) is 2.93. The van der Waals surface area contributed by atoms with Crippen molar-refractivity contribution in [1.82, 2.24) is 15.1 Å². The Hall–Kier alpha value is -2.70. The van der Waals surface area contributed by atoms with Gasteiger partial charge in [-0.1, -0.05) is 6.07 Å². The van der Waals surface area contributed by atoms with Gasteiger partial charge in [0, 0.05) is 17.7 Å². The molecule has 1 aromatic heterocycles. The summed E-state index contributed by atoms with van der Waals surface area (Å²) < 4.78 is 14.7. The molecule has 22 heavy (non-hydrogen) atoms. The summed E-state index contributed by atoms with van der Waals surface area (Å²) in [6.45, 7) is 3.67. The summed E-state index contributed by atoms with van der Waals surface area (Å²) in [5.74, 6) is -0.836. The van der Waals surface area contributed by atoms with Crippen LogP contribution in [0.25, 0.3) is 0 Å². The molecule has 0 unspecified atom stereocenters. The molecule has 0 aliphatic rings. The van der Waals surface area contributed by atoms with Crippen LogP contribution >= 0.6 is 0 Å². The number of nitrogens with one attached hydrogen (secondary N) is 2. The highest BCUT2D eigenvalue weighted by molar-refractivity contribution is 5.99. The maximum Gasteiger partial charge on any atom is 0.251 e. The highest BCUT2D eigenvalue weighted by atomic mass is 19.1. The molecular formula is C15H17FN4O2. The number of rotatable bonds is 5. The van der Waals surface area contributed by atoms with Crippen LogP contribution in [0.5, 0.6) is 0 Å². The molecule has 2 aromatic rings. The minimum absolute atomic E-state index is 0.104. The van der Waals surface area contributed by atoms with Gasteiger partial charge in [-0.25, -0.2) is 9.07 Å². The molecule has 1 aromatic carbocycles. The number of carbonyl (C=O) groups excluding carboxylic acids is 2. The molecule has 0 saturated carbocycles. The van der Waals surface area contributed by atoms with E-state index in [1.807, 2.05) is 13.8 Å². The van der Waals surface area contributed by atoms with Crippen LogP contribution in [0.2, 0.25) is 0 Å². The Morgan fingerprint density at radius 2 is 2.09 bits per heavy atom. The molecule has 116 valence electrons. The first-order valence-electron chi connectivity index (χ1n) is 6.84. The fourth-order valence-electron chi connectivity index (χ4n) is 1.90. The summed E-state index contributed by atoms with van der Waals surface area (Å²) in [6, 6.07) is 7.05. The standard InChI is InChI=1S/C15H17FN4O2/c1-10(2)20-13(6-7-18-20)19-14(21)9-17-15(22)11-4-3-5-12(16)8-11/h3-8,10H,9H2,1-2H3,(H,17,22)(H,19,21). The lowest BCUT2D eigenvalue weighted by Crippen LogP contribution is -2.33. The predicted octanol–water partition coefficient (Wildman–Crippen LogP) is 1.97. The van der Waals surface area contributed by atoms with Crippen molar-refractivity contribution in [2.45, 2.75) is 19.9 Å². The second kappa shape index (κ2) is 6.84. The Kier molecular flexibility index (Phi) is 4.88. The number of amides is 2. The molecule has 0 aliphatic heterocycles. The van der Waals surface area contributed by atoms with Gasteiger partial charge in [0.2, 0.25) is 5.91 Å². The van der Waals surface area contributed by atoms with Crippen molar-refractivity contribution in [2.24, 2.45) is 0 Å². The predicted molar refractivity (Wildman–Crippen MR) is 80.0 cm³/mol. The molecule has 0 aliphatic carbocycles. The molecule has 0 fully saturated rings. The van der Waals surface area contributed by atoms with Crippen LogP contribution < -0.4 is 10.6 Å². The van der Waals surface area contributed by atoms with Crippen molar-refractivity contribution in [1.29, 1.82) is 0 Å². The minimum atomic E-state index is -0.507. The molecule has 0 saturated heterocycles. The number of hydrogen-bond acceptors (Lipinski definition) is 3. The number of aromatic nitrogens is 2. The van der Waals surface area contributed by atoms with Crippen molar-refractivity contribution < 1.29 is 14.0 Å². The summed E-state index contributed by atoms with van der Waals surface area (Å²) in [7, 11) is 0. The van der Waals surface area contributed by atoms with E-state index in [2.05, 4.69) is 15.7 Å². The average molecular weight is 304 g/mol. The van der Waals surface area contributed by atoms with Gasteiger partial charge in [-0.05, 0) is 32.0 Å². The Morgan fingerprint density at radius 1 is 1.32 bits per heavy atom. The van der Waals surface area contributed by atoms with E-state index in [1.165, 1.54) is 18.2 Å². The van der Waals surface area contributed by atoms with Crippen molar-refractivity contribution in [3.8, 4) is 0 Å². The van der Waals surface area contributed by atoms with Gasteiger partial charge in [0.1, 0.15) is 11.6 Å². The van der Waals surface area contributed by atoms with E-state index in [0.717, 1.165) is 6.07 Å². The van der Waals surface area contributed by atoms with Crippen LogP contribution in [0, 0.1) is 5.82 Å². The number of carbonyl (C=O) groups is 2. The molecule has 2 rings (SSSR count). The summed E-state index contributed by atoms with van der Waals surface area (Å²) in [5, 5.41) is 9.20. The minimum Gasteiger partial charge on any atom is -0.343 e. The number of halogens is 1. The van der Waals surface area contributed by atoms with Crippen LogP contribution in [-0.2, 0) is 4.79 Å². The third kappa shape index (κ3) is 3.91. The molecule has 6 nitrogen and oxygen atoms in total. The van der Waals surface area contributed by atoms with Crippen LogP contribution in [0.1, 0.15) is 30.2 Å². The van der Waals surface area contributed by atoms with Crippen molar-refractivity contribution >= 4 is 17.6 Å². The van der Waals surface area contributed by atoms with Crippen LogP contribution in [0.3, 0.4) is 0 Å². The van der Waals surface area contributed by atoms with Gasteiger partial charge in [0.15, 0.2) is 0 Å². The van der Waals surface area contributed by atoms with E-state index in [-0.39, 0.29) is 24.1 Å². The summed E-state index contributed by atoms with van der Waals surface area (Å²) in [4.78, 5) is 23.7. The number of nitrogens with zero attached hydrogens (tertiary/aromatic N) is 2. The van der Waals surface area contributed by atoms with Gasteiger partial charge >= 0.3 is 0 Å². The van der Waals surface area contributed by atoms with E-state index in [4.69, 9.17) is 0 Å². The molecule has 0 atom stereocenters. The molecule has 2 amide bonds.